The summed E-state index contributed by atoms with van der Waals surface area (Å²) in [7, 11) is 0. The number of benzene rings is 1. The quantitative estimate of drug-likeness (QED) is 0.820. The van der Waals surface area contributed by atoms with Crippen LogP contribution in [-0.4, -0.2) is 42.0 Å². The molecule has 0 N–H and O–H groups in total. The van der Waals surface area contributed by atoms with Crippen molar-refractivity contribution in [1.29, 1.82) is 5.26 Å². The molecule has 0 bridgehead atoms. The molecule has 144 valence electrons. The van der Waals surface area contributed by atoms with Crippen molar-refractivity contribution in [2.45, 2.75) is 25.7 Å². The first-order chi connectivity index (χ1) is 13.6. The smallest absolute Gasteiger partial charge is 0.232 e. The van der Waals surface area contributed by atoms with E-state index in [4.69, 9.17) is 5.26 Å². The lowest BCUT2D eigenvalue weighted by atomic mass is 9.73. The third-order valence-corrected chi connectivity index (χ3v) is 5.74. The molecule has 0 radical (unpaired) electrons. The van der Waals surface area contributed by atoms with Crippen LogP contribution in [0.15, 0.2) is 42.5 Å². The van der Waals surface area contributed by atoms with Gasteiger partial charge in [0.15, 0.2) is 0 Å². The Morgan fingerprint density at radius 2 is 1.86 bits per heavy atom. The van der Waals surface area contributed by atoms with Gasteiger partial charge in [-0.05, 0) is 49.4 Å². The number of anilines is 1. The molecule has 1 amide bonds. The maximum atomic E-state index is 14.3. The van der Waals surface area contributed by atoms with E-state index in [0.717, 1.165) is 32.4 Å². The molecule has 2 aliphatic rings. The van der Waals surface area contributed by atoms with Crippen molar-refractivity contribution in [2.24, 2.45) is 5.41 Å². The van der Waals surface area contributed by atoms with Gasteiger partial charge in [0.1, 0.15) is 23.4 Å². The van der Waals surface area contributed by atoms with Crippen LogP contribution >= 0.6 is 0 Å². The van der Waals surface area contributed by atoms with E-state index < -0.39 is 5.41 Å². The van der Waals surface area contributed by atoms with Crippen molar-refractivity contribution < 1.29 is 9.18 Å². The molecule has 2 fully saturated rings. The summed E-state index contributed by atoms with van der Waals surface area (Å²) in [6.07, 6.45) is 3.58. The molecule has 0 unspecified atom stereocenters. The number of likely N-dealkylation sites (tertiary alicyclic amines) is 1. The highest BCUT2D eigenvalue weighted by molar-refractivity contribution is 5.86. The van der Waals surface area contributed by atoms with Crippen molar-refractivity contribution in [1.82, 2.24) is 9.88 Å². The van der Waals surface area contributed by atoms with Gasteiger partial charge in [0.2, 0.25) is 5.91 Å². The molecule has 1 aromatic carbocycles. The molecule has 2 aliphatic heterocycles. The van der Waals surface area contributed by atoms with Crippen LogP contribution in [-0.2, 0) is 11.2 Å². The number of aromatic nitrogens is 1. The van der Waals surface area contributed by atoms with Gasteiger partial charge in [-0.15, -0.1) is 0 Å². The van der Waals surface area contributed by atoms with Crippen molar-refractivity contribution in [3.8, 4) is 6.07 Å². The molecule has 4 rings (SSSR count). The Kier molecular flexibility index (Phi) is 4.99. The number of carbonyl (C=O) groups is 1. The minimum atomic E-state index is -0.649. The molecule has 2 saturated heterocycles. The van der Waals surface area contributed by atoms with E-state index in [0.29, 0.717) is 36.6 Å². The molecule has 0 spiro atoms. The highest BCUT2D eigenvalue weighted by Gasteiger charge is 2.51. The zero-order valence-corrected chi connectivity index (χ0v) is 15.8. The fourth-order valence-electron chi connectivity index (χ4n) is 4.27. The average Bonchev–Trinajstić information content (AvgIpc) is 2.72. The Hall–Kier alpha value is -2.94. The third-order valence-electron chi connectivity index (χ3n) is 5.74. The van der Waals surface area contributed by atoms with E-state index in [2.05, 4.69) is 11.1 Å². The Labute approximate surface area is 164 Å². The SMILES string of the molecule is N#Cc1cccc(N2CC(Cc3ccccc3F)(C(=O)N3CCCCC3)C2)n1. The molecule has 5 nitrogen and oxygen atoms in total. The van der Waals surface area contributed by atoms with Crippen molar-refractivity contribution in [3.05, 3.63) is 59.5 Å². The Morgan fingerprint density at radius 1 is 1.11 bits per heavy atom. The fraction of sp³-hybridized carbons (Fsp3) is 0.409. The molecule has 2 aromatic rings. The zero-order valence-electron chi connectivity index (χ0n) is 15.8. The van der Waals surface area contributed by atoms with Gasteiger partial charge in [-0.2, -0.15) is 5.26 Å². The summed E-state index contributed by atoms with van der Waals surface area (Å²) in [5.74, 6) is 0.536. The summed E-state index contributed by atoms with van der Waals surface area (Å²) in [4.78, 5) is 21.7. The Morgan fingerprint density at radius 3 is 2.57 bits per heavy atom. The van der Waals surface area contributed by atoms with E-state index >= 15 is 0 Å². The van der Waals surface area contributed by atoms with E-state index in [1.807, 2.05) is 21.9 Å². The number of pyridine rings is 1. The first-order valence-corrected chi connectivity index (χ1v) is 9.76. The maximum absolute atomic E-state index is 14.3. The van der Waals surface area contributed by atoms with E-state index in [-0.39, 0.29) is 11.7 Å². The minimum absolute atomic E-state index is 0.114. The number of nitrogens with zero attached hydrogens (tertiary/aromatic N) is 4. The Bertz CT molecular complexity index is 911. The molecular weight excluding hydrogens is 355 g/mol. The summed E-state index contributed by atoms with van der Waals surface area (Å²) in [5.41, 5.74) is 0.279. The van der Waals surface area contributed by atoms with Crippen LogP contribution < -0.4 is 4.90 Å². The standard InChI is InChI=1S/C22H23FN4O/c23-19-9-3-2-7-17(19)13-22(21(28)26-11-4-1-5-12-26)15-27(16-22)20-10-6-8-18(14-24)25-20/h2-3,6-10H,1,4-5,11-13,15-16H2. The summed E-state index contributed by atoms with van der Waals surface area (Å²) in [6, 6.07) is 14.0. The number of nitriles is 1. The van der Waals surface area contributed by atoms with Crippen molar-refractivity contribution in [2.75, 3.05) is 31.1 Å². The molecule has 0 atom stereocenters. The lowest BCUT2D eigenvalue weighted by molar-refractivity contribution is -0.144. The summed E-state index contributed by atoms with van der Waals surface area (Å²) in [5, 5.41) is 9.09. The largest absolute Gasteiger partial charge is 0.354 e. The predicted octanol–water partition coefficient (Wildman–Crippen LogP) is 3.15. The van der Waals surface area contributed by atoms with Gasteiger partial charge < -0.3 is 9.80 Å². The van der Waals surface area contributed by atoms with Crippen molar-refractivity contribution in [3.63, 3.8) is 0 Å². The van der Waals surface area contributed by atoms with Crippen LogP contribution in [0, 0.1) is 22.6 Å². The van der Waals surface area contributed by atoms with Gasteiger partial charge in [0.25, 0.3) is 0 Å². The second kappa shape index (κ2) is 7.59. The number of amides is 1. The fourth-order valence-corrected chi connectivity index (χ4v) is 4.27. The van der Waals surface area contributed by atoms with Crippen LogP contribution in [0.25, 0.3) is 0 Å². The van der Waals surface area contributed by atoms with Crippen LogP contribution in [0.3, 0.4) is 0 Å². The van der Waals surface area contributed by atoms with Crippen LogP contribution in [0.1, 0.15) is 30.5 Å². The van der Waals surface area contributed by atoms with Gasteiger partial charge in [0, 0.05) is 26.2 Å². The number of carbonyl (C=O) groups excluding carboxylic acids is 1. The second-order valence-corrected chi connectivity index (χ2v) is 7.75. The zero-order chi connectivity index (χ0) is 19.6. The lowest BCUT2D eigenvalue weighted by Gasteiger charge is -2.51. The van der Waals surface area contributed by atoms with Crippen LogP contribution in [0.4, 0.5) is 10.2 Å². The van der Waals surface area contributed by atoms with Crippen LogP contribution in [0.2, 0.25) is 0 Å². The van der Waals surface area contributed by atoms with Crippen molar-refractivity contribution >= 4 is 11.7 Å². The Balaban J connectivity index is 1.59. The van der Waals surface area contributed by atoms with Gasteiger partial charge in [-0.25, -0.2) is 9.37 Å². The maximum Gasteiger partial charge on any atom is 0.232 e. The first-order valence-electron chi connectivity index (χ1n) is 9.76. The normalized spacial score (nSPS) is 18.3. The van der Waals surface area contributed by atoms with E-state index in [1.165, 1.54) is 6.07 Å². The predicted molar refractivity (Wildman–Crippen MR) is 104 cm³/mol. The summed E-state index contributed by atoms with van der Waals surface area (Å²) in [6.45, 7) is 2.52. The topological polar surface area (TPSA) is 60.2 Å². The monoisotopic (exact) mass is 378 g/mol. The molecule has 6 heteroatoms. The molecule has 3 heterocycles. The molecule has 1 aromatic heterocycles. The summed E-state index contributed by atoms with van der Waals surface area (Å²) >= 11 is 0. The average molecular weight is 378 g/mol. The molecule has 0 aliphatic carbocycles. The van der Waals surface area contributed by atoms with Crippen LogP contribution in [0.5, 0.6) is 0 Å². The number of rotatable bonds is 4. The van der Waals surface area contributed by atoms with Gasteiger partial charge in [-0.1, -0.05) is 24.3 Å². The number of halogens is 1. The summed E-state index contributed by atoms with van der Waals surface area (Å²) < 4.78 is 14.3. The minimum Gasteiger partial charge on any atom is -0.354 e. The molecule has 28 heavy (non-hydrogen) atoms. The second-order valence-electron chi connectivity index (χ2n) is 7.75. The number of hydrogen-bond acceptors (Lipinski definition) is 4. The number of hydrogen-bond donors (Lipinski definition) is 0. The highest BCUT2D eigenvalue weighted by Crippen LogP contribution is 2.39. The van der Waals surface area contributed by atoms with Gasteiger partial charge in [-0.3, -0.25) is 4.79 Å². The molecule has 0 saturated carbocycles. The third kappa shape index (κ3) is 3.45. The molecular formula is C22H23FN4O. The number of piperidine rings is 1. The van der Waals surface area contributed by atoms with E-state index in [9.17, 15) is 9.18 Å². The lowest BCUT2D eigenvalue weighted by Crippen LogP contribution is -2.65. The first kappa shape index (κ1) is 18.4. The van der Waals surface area contributed by atoms with E-state index in [1.54, 1.807) is 24.3 Å². The highest BCUT2D eigenvalue weighted by atomic mass is 19.1. The van der Waals surface area contributed by atoms with Gasteiger partial charge in [0.05, 0.1) is 5.41 Å². The van der Waals surface area contributed by atoms with Gasteiger partial charge >= 0.3 is 0 Å².